The fourth-order valence-electron chi connectivity index (χ4n) is 4.15. The number of benzene rings is 2. The van der Waals surface area contributed by atoms with Gasteiger partial charge in [-0.15, -0.1) is 0 Å². The first-order chi connectivity index (χ1) is 16.9. The van der Waals surface area contributed by atoms with Gasteiger partial charge < -0.3 is 9.47 Å². The number of rotatable bonds is 9. The maximum Gasteiger partial charge on any atom is 0.337 e. The summed E-state index contributed by atoms with van der Waals surface area (Å²) in [6.45, 7) is 8.06. The maximum atomic E-state index is 13.6. The van der Waals surface area contributed by atoms with Crippen molar-refractivity contribution < 1.29 is 23.0 Å². The summed E-state index contributed by atoms with van der Waals surface area (Å²) in [5.74, 6) is -1.46. The number of para-hydroxylation sites is 1. The molecule has 35 heavy (non-hydrogen) atoms. The highest BCUT2D eigenvalue weighted by atomic mass is 19.2. The van der Waals surface area contributed by atoms with E-state index in [0.29, 0.717) is 23.5 Å². The second kappa shape index (κ2) is 12.8. The molecule has 3 rings (SSSR count). The Kier molecular flexibility index (Phi) is 9.59. The van der Waals surface area contributed by atoms with Crippen LogP contribution >= 0.6 is 0 Å². The van der Waals surface area contributed by atoms with Crippen molar-refractivity contribution in [3.63, 3.8) is 0 Å². The minimum atomic E-state index is -0.882. The Morgan fingerprint density at radius 2 is 1.83 bits per heavy atom. The molecule has 0 fully saturated rings. The lowest BCUT2D eigenvalue weighted by atomic mass is 9.91. The third-order valence-corrected chi connectivity index (χ3v) is 5.97. The maximum absolute atomic E-state index is 13.6. The van der Waals surface area contributed by atoms with Crippen LogP contribution in [0.4, 0.5) is 8.78 Å². The van der Waals surface area contributed by atoms with Crippen LogP contribution in [0.5, 0.6) is 5.75 Å². The summed E-state index contributed by atoms with van der Waals surface area (Å²) >= 11 is 0. The number of esters is 1. The molecule has 0 aromatic heterocycles. The molecule has 2 aromatic carbocycles. The highest BCUT2D eigenvalue weighted by Crippen LogP contribution is 2.39. The Bertz CT molecular complexity index is 1160. The minimum absolute atomic E-state index is 0.143. The zero-order valence-corrected chi connectivity index (χ0v) is 20.4. The standard InChI is InChI=1S/C30H32F2O3/c1-4-34-30(33)22(3)12-10-11-21(2)24-13-6-5-7-14-25(24)26-15-8-9-16-29(26)35-20-23-17-18-27(31)28(32)19-23/h8-12,15-19H,3-7,13-14,20H2,1-2H3/b12-10-,21-11+. The molecule has 0 saturated heterocycles. The average molecular weight is 479 g/mol. The van der Waals surface area contributed by atoms with Gasteiger partial charge >= 0.3 is 5.97 Å². The molecule has 0 bridgehead atoms. The summed E-state index contributed by atoms with van der Waals surface area (Å²) in [7, 11) is 0. The number of ether oxygens (including phenoxy) is 2. The van der Waals surface area contributed by atoms with Gasteiger partial charge in [0.15, 0.2) is 11.6 Å². The number of carbonyl (C=O) groups excluding carboxylic acids is 1. The first-order valence-electron chi connectivity index (χ1n) is 12.0. The molecule has 1 aliphatic rings. The Morgan fingerprint density at radius 1 is 1.06 bits per heavy atom. The van der Waals surface area contributed by atoms with Crippen molar-refractivity contribution in [2.75, 3.05) is 6.61 Å². The lowest BCUT2D eigenvalue weighted by molar-refractivity contribution is -0.138. The molecule has 0 heterocycles. The first-order valence-corrected chi connectivity index (χ1v) is 12.0. The summed E-state index contributed by atoms with van der Waals surface area (Å²) in [5.41, 5.74) is 5.50. The molecule has 0 N–H and O–H groups in total. The van der Waals surface area contributed by atoms with E-state index in [1.54, 1.807) is 13.0 Å². The van der Waals surface area contributed by atoms with Gasteiger partial charge in [-0.25, -0.2) is 13.6 Å². The van der Waals surface area contributed by atoms with E-state index in [9.17, 15) is 13.6 Å². The highest BCUT2D eigenvalue weighted by molar-refractivity contribution is 5.90. The number of carbonyl (C=O) groups is 1. The minimum Gasteiger partial charge on any atom is -0.488 e. The number of halogens is 2. The second-order valence-corrected chi connectivity index (χ2v) is 8.51. The quantitative estimate of drug-likeness (QED) is 0.209. The summed E-state index contributed by atoms with van der Waals surface area (Å²) in [6.07, 6.45) is 10.7. The van der Waals surface area contributed by atoms with E-state index in [0.717, 1.165) is 55.4 Å². The second-order valence-electron chi connectivity index (χ2n) is 8.51. The van der Waals surface area contributed by atoms with E-state index < -0.39 is 17.6 Å². The molecule has 0 radical (unpaired) electrons. The molecule has 184 valence electrons. The van der Waals surface area contributed by atoms with Gasteiger partial charge in [-0.1, -0.05) is 49.4 Å². The van der Waals surface area contributed by atoms with Crippen molar-refractivity contribution >= 4 is 11.5 Å². The topological polar surface area (TPSA) is 35.5 Å². The van der Waals surface area contributed by atoms with Crippen LogP contribution in [-0.2, 0) is 16.1 Å². The van der Waals surface area contributed by atoms with E-state index in [4.69, 9.17) is 9.47 Å². The molecule has 0 amide bonds. The third kappa shape index (κ3) is 7.25. The normalized spacial score (nSPS) is 14.7. The molecule has 0 atom stereocenters. The fourth-order valence-corrected chi connectivity index (χ4v) is 4.15. The van der Waals surface area contributed by atoms with Crippen LogP contribution in [0, 0.1) is 11.6 Å². The van der Waals surface area contributed by atoms with E-state index >= 15 is 0 Å². The van der Waals surface area contributed by atoms with Gasteiger partial charge in [-0.2, -0.15) is 0 Å². The van der Waals surface area contributed by atoms with E-state index in [1.807, 2.05) is 36.4 Å². The van der Waals surface area contributed by atoms with Crippen molar-refractivity contribution in [1.82, 2.24) is 0 Å². The molecule has 3 nitrogen and oxygen atoms in total. The van der Waals surface area contributed by atoms with Gasteiger partial charge in [0, 0.05) is 5.56 Å². The van der Waals surface area contributed by atoms with Gasteiger partial charge in [0.1, 0.15) is 12.4 Å². The van der Waals surface area contributed by atoms with Crippen molar-refractivity contribution in [3.05, 3.63) is 107 Å². The number of allylic oxidation sites excluding steroid dienone is 5. The Labute approximate surface area is 206 Å². The largest absolute Gasteiger partial charge is 0.488 e. The average Bonchev–Trinajstić information content (AvgIpc) is 3.11. The molecule has 2 aromatic rings. The van der Waals surface area contributed by atoms with Crippen LogP contribution in [-0.4, -0.2) is 12.6 Å². The molecule has 0 saturated carbocycles. The summed E-state index contributed by atoms with van der Waals surface area (Å²) in [6, 6.07) is 11.7. The van der Waals surface area contributed by atoms with Crippen molar-refractivity contribution in [1.29, 1.82) is 0 Å². The Hall–Kier alpha value is -3.47. The number of hydrogen-bond donors (Lipinski definition) is 0. The number of hydrogen-bond acceptors (Lipinski definition) is 3. The Morgan fingerprint density at radius 3 is 2.60 bits per heavy atom. The van der Waals surface area contributed by atoms with Crippen LogP contribution in [0.2, 0.25) is 0 Å². The third-order valence-electron chi connectivity index (χ3n) is 5.97. The van der Waals surface area contributed by atoms with Gasteiger partial charge in [0.2, 0.25) is 0 Å². The molecular weight excluding hydrogens is 446 g/mol. The van der Waals surface area contributed by atoms with E-state index in [2.05, 4.69) is 13.5 Å². The van der Waals surface area contributed by atoms with Gasteiger partial charge in [-0.05, 0) is 86.1 Å². The van der Waals surface area contributed by atoms with Crippen molar-refractivity contribution in [2.45, 2.75) is 52.6 Å². The van der Waals surface area contributed by atoms with Crippen LogP contribution in [0.25, 0.3) is 5.57 Å². The van der Waals surface area contributed by atoms with E-state index in [1.165, 1.54) is 17.2 Å². The smallest absolute Gasteiger partial charge is 0.337 e. The van der Waals surface area contributed by atoms with Crippen molar-refractivity contribution in [2.24, 2.45) is 0 Å². The molecule has 5 heteroatoms. The molecule has 1 aliphatic carbocycles. The molecule has 0 spiro atoms. The summed E-state index contributed by atoms with van der Waals surface area (Å²) in [5, 5.41) is 0. The van der Waals surface area contributed by atoms with Gasteiger partial charge in [-0.3, -0.25) is 0 Å². The monoisotopic (exact) mass is 478 g/mol. The SMILES string of the molecule is C=C(/C=C\C=C(/C)C1=C(c2ccccc2OCc2ccc(F)c(F)c2)CCCCC1)C(=O)OCC. The zero-order valence-electron chi connectivity index (χ0n) is 20.4. The lowest BCUT2D eigenvalue weighted by Gasteiger charge is -2.18. The van der Waals surface area contributed by atoms with Gasteiger partial charge in [0.25, 0.3) is 0 Å². The molecule has 0 aliphatic heterocycles. The van der Waals surface area contributed by atoms with Crippen LogP contribution in [0.15, 0.2) is 84.0 Å². The highest BCUT2D eigenvalue weighted by Gasteiger charge is 2.18. The fraction of sp³-hybridized carbons (Fsp3) is 0.300. The van der Waals surface area contributed by atoms with Crippen LogP contribution in [0.3, 0.4) is 0 Å². The molecule has 0 unspecified atom stereocenters. The lowest BCUT2D eigenvalue weighted by Crippen LogP contribution is -2.04. The summed E-state index contributed by atoms with van der Waals surface area (Å²) < 4.78 is 37.9. The van der Waals surface area contributed by atoms with E-state index in [-0.39, 0.29) is 6.61 Å². The first kappa shape index (κ1) is 26.1. The van der Waals surface area contributed by atoms with Crippen molar-refractivity contribution in [3.8, 4) is 5.75 Å². The molecular formula is C30H32F2O3. The zero-order chi connectivity index (χ0) is 25.2. The van der Waals surface area contributed by atoms with Gasteiger partial charge in [0.05, 0.1) is 12.2 Å². The predicted molar refractivity (Wildman–Crippen MR) is 136 cm³/mol. The Balaban J connectivity index is 1.88. The van der Waals surface area contributed by atoms with Crippen LogP contribution < -0.4 is 4.74 Å². The summed E-state index contributed by atoms with van der Waals surface area (Å²) in [4.78, 5) is 11.8. The predicted octanol–water partition coefficient (Wildman–Crippen LogP) is 7.88. The van der Waals surface area contributed by atoms with Crippen LogP contribution in [0.1, 0.15) is 57.1 Å².